The van der Waals surface area contributed by atoms with Crippen LogP contribution in [0.4, 0.5) is 5.69 Å². The summed E-state index contributed by atoms with van der Waals surface area (Å²) in [5.41, 5.74) is 7.22. The van der Waals surface area contributed by atoms with E-state index in [9.17, 15) is 4.79 Å². The molecular formula is C14H21N3OS. The average molecular weight is 279 g/mol. The van der Waals surface area contributed by atoms with Gasteiger partial charge in [-0.05, 0) is 37.5 Å². The number of nitrogens with two attached hydrogens (primary N) is 1. The van der Waals surface area contributed by atoms with E-state index < -0.39 is 0 Å². The molecule has 1 unspecified atom stereocenters. The molecule has 3 rings (SSSR count). The molecule has 0 bridgehead atoms. The number of hydrogen-bond acceptors (Lipinski definition) is 3. The minimum atomic E-state index is 0.0229. The topological polar surface area (TPSA) is 60.1 Å². The zero-order chi connectivity index (χ0) is 13.2. The fourth-order valence-electron chi connectivity index (χ4n) is 2.60. The Bertz CT molecular complexity index is 461. The Morgan fingerprint density at radius 2 is 2.26 bits per heavy atom. The van der Waals surface area contributed by atoms with E-state index in [1.165, 1.54) is 25.0 Å². The third-order valence-electron chi connectivity index (χ3n) is 3.81. The van der Waals surface area contributed by atoms with E-state index >= 15 is 0 Å². The van der Waals surface area contributed by atoms with E-state index in [0.29, 0.717) is 17.0 Å². The summed E-state index contributed by atoms with van der Waals surface area (Å²) >= 11 is 1.98. The number of thioether (sulfide) groups is 1. The normalized spacial score (nSPS) is 23.3. The highest BCUT2D eigenvalue weighted by Crippen LogP contribution is 2.37. The Kier molecular flexibility index (Phi) is 3.73. The highest BCUT2D eigenvalue weighted by Gasteiger charge is 2.28. The third-order valence-corrected chi connectivity index (χ3v) is 5.21. The van der Waals surface area contributed by atoms with Crippen LogP contribution in [0.5, 0.6) is 0 Å². The maximum Gasteiger partial charge on any atom is 0.268 e. The van der Waals surface area contributed by atoms with Crippen LogP contribution in [0.15, 0.2) is 12.3 Å². The average Bonchev–Trinajstić information content (AvgIpc) is 3.20. The lowest BCUT2D eigenvalue weighted by molar-refractivity contribution is 0.0944. The van der Waals surface area contributed by atoms with Crippen LogP contribution in [0.2, 0.25) is 0 Å². The molecule has 3 N–H and O–H groups in total. The number of hydrogen-bond donors (Lipinski definition) is 2. The summed E-state index contributed by atoms with van der Waals surface area (Å²) < 4.78 is 2.04. The van der Waals surface area contributed by atoms with Crippen LogP contribution in [0.1, 0.15) is 48.6 Å². The van der Waals surface area contributed by atoms with Gasteiger partial charge in [0.1, 0.15) is 5.69 Å². The van der Waals surface area contributed by atoms with E-state index in [1.807, 2.05) is 22.5 Å². The number of amides is 1. The first-order valence-electron chi connectivity index (χ1n) is 7.11. The number of aromatic nitrogens is 1. The predicted molar refractivity (Wildman–Crippen MR) is 79.5 cm³/mol. The molecule has 1 saturated carbocycles. The summed E-state index contributed by atoms with van der Waals surface area (Å²) in [5.74, 6) is 1.25. The highest BCUT2D eigenvalue weighted by atomic mass is 32.2. The van der Waals surface area contributed by atoms with E-state index in [2.05, 4.69) is 5.32 Å². The van der Waals surface area contributed by atoms with Gasteiger partial charge in [-0.25, -0.2) is 0 Å². The molecule has 4 nitrogen and oxygen atoms in total. The van der Waals surface area contributed by atoms with Crippen LogP contribution in [0.3, 0.4) is 0 Å². The van der Waals surface area contributed by atoms with Crippen molar-refractivity contribution in [1.29, 1.82) is 0 Å². The predicted octanol–water partition coefficient (Wildman–Crippen LogP) is 2.42. The van der Waals surface area contributed by atoms with Crippen LogP contribution in [0.25, 0.3) is 0 Å². The highest BCUT2D eigenvalue weighted by molar-refractivity contribution is 7.99. The molecule has 19 heavy (non-hydrogen) atoms. The minimum absolute atomic E-state index is 0.0229. The van der Waals surface area contributed by atoms with Gasteiger partial charge in [-0.3, -0.25) is 4.79 Å². The maximum atomic E-state index is 12.3. The summed E-state index contributed by atoms with van der Waals surface area (Å²) in [4.78, 5) is 12.3. The van der Waals surface area contributed by atoms with Crippen molar-refractivity contribution in [3.05, 3.63) is 18.0 Å². The van der Waals surface area contributed by atoms with E-state index in [1.54, 1.807) is 6.07 Å². The number of carbonyl (C=O) groups is 1. The summed E-state index contributed by atoms with van der Waals surface area (Å²) in [7, 11) is 0. The van der Waals surface area contributed by atoms with Crippen LogP contribution in [-0.4, -0.2) is 28.0 Å². The number of rotatable bonds is 4. The van der Waals surface area contributed by atoms with Crippen molar-refractivity contribution in [3.63, 3.8) is 0 Å². The standard InChI is InChI=1S/C14H21N3OS/c15-10-7-13(17(9-10)11-4-5-11)14(18)16-8-12-3-1-2-6-19-12/h7,9,11-12H,1-6,8,15H2,(H,16,18). The molecule has 1 saturated heterocycles. The van der Waals surface area contributed by atoms with Crippen molar-refractivity contribution in [3.8, 4) is 0 Å². The lowest BCUT2D eigenvalue weighted by Crippen LogP contribution is -2.33. The van der Waals surface area contributed by atoms with Gasteiger partial charge in [-0.15, -0.1) is 0 Å². The zero-order valence-electron chi connectivity index (χ0n) is 11.1. The molecule has 0 radical (unpaired) electrons. The second kappa shape index (κ2) is 5.49. The van der Waals surface area contributed by atoms with Crippen molar-refractivity contribution < 1.29 is 4.79 Å². The number of nitrogens with one attached hydrogen (secondary N) is 1. The van der Waals surface area contributed by atoms with Crippen LogP contribution in [0, 0.1) is 0 Å². The van der Waals surface area contributed by atoms with Crippen molar-refractivity contribution in [2.75, 3.05) is 18.0 Å². The fourth-order valence-corrected chi connectivity index (χ4v) is 3.84. The van der Waals surface area contributed by atoms with Gasteiger partial charge >= 0.3 is 0 Å². The Hall–Kier alpha value is -1.10. The van der Waals surface area contributed by atoms with Crippen molar-refractivity contribution >= 4 is 23.4 Å². The second-order valence-electron chi connectivity index (χ2n) is 5.50. The lowest BCUT2D eigenvalue weighted by Gasteiger charge is -2.21. The van der Waals surface area contributed by atoms with Crippen molar-refractivity contribution in [1.82, 2.24) is 9.88 Å². The van der Waals surface area contributed by atoms with E-state index in [-0.39, 0.29) is 5.91 Å². The van der Waals surface area contributed by atoms with Gasteiger partial charge in [-0.1, -0.05) is 6.42 Å². The minimum Gasteiger partial charge on any atom is -0.397 e. The molecule has 1 aromatic rings. The van der Waals surface area contributed by atoms with Gasteiger partial charge in [0.2, 0.25) is 0 Å². The van der Waals surface area contributed by atoms with Gasteiger partial charge in [0.05, 0.1) is 5.69 Å². The summed E-state index contributed by atoms with van der Waals surface area (Å²) in [6, 6.07) is 2.28. The summed E-state index contributed by atoms with van der Waals surface area (Å²) in [5, 5.41) is 3.65. The van der Waals surface area contributed by atoms with Crippen molar-refractivity contribution in [2.24, 2.45) is 0 Å². The Morgan fingerprint density at radius 1 is 1.42 bits per heavy atom. The summed E-state index contributed by atoms with van der Waals surface area (Å²) in [6.07, 6.45) is 8.04. The SMILES string of the molecule is Nc1cc(C(=O)NCC2CCCCS2)n(C2CC2)c1. The Morgan fingerprint density at radius 3 is 2.95 bits per heavy atom. The first kappa shape index (κ1) is 12.9. The number of carbonyl (C=O) groups excluding carboxylic acids is 1. The number of anilines is 1. The van der Waals surface area contributed by atoms with Gasteiger partial charge in [0.15, 0.2) is 0 Å². The van der Waals surface area contributed by atoms with Crippen molar-refractivity contribution in [2.45, 2.75) is 43.4 Å². The number of nitrogens with zero attached hydrogens (tertiary/aromatic N) is 1. The van der Waals surface area contributed by atoms with Gasteiger partial charge in [0, 0.05) is 24.0 Å². The molecule has 1 aliphatic heterocycles. The van der Waals surface area contributed by atoms with Gasteiger partial charge in [0.25, 0.3) is 5.91 Å². The summed E-state index contributed by atoms with van der Waals surface area (Å²) in [6.45, 7) is 0.777. The molecule has 2 heterocycles. The first-order chi connectivity index (χ1) is 9.24. The molecule has 1 aliphatic carbocycles. The lowest BCUT2D eigenvalue weighted by atomic mass is 10.2. The van der Waals surface area contributed by atoms with Crippen LogP contribution >= 0.6 is 11.8 Å². The fraction of sp³-hybridized carbons (Fsp3) is 0.643. The molecule has 104 valence electrons. The maximum absolute atomic E-state index is 12.3. The smallest absolute Gasteiger partial charge is 0.268 e. The molecular weight excluding hydrogens is 258 g/mol. The molecule has 1 aromatic heterocycles. The van der Waals surface area contributed by atoms with E-state index in [0.717, 1.165) is 25.1 Å². The monoisotopic (exact) mass is 279 g/mol. The van der Waals surface area contributed by atoms with Crippen LogP contribution < -0.4 is 11.1 Å². The Labute approximate surface area is 118 Å². The molecule has 1 atom stereocenters. The second-order valence-corrected chi connectivity index (χ2v) is 6.90. The largest absolute Gasteiger partial charge is 0.397 e. The quantitative estimate of drug-likeness (QED) is 0.890. The molecule has 1 amide bonds. The molecule has 2 aliphatic rings. The van der Waals surface area contributed by atoms with Gasteiger partial charge in [-0.2, -0.15) is 11.8 Å². The zero-order valence-corrected chi connectivity index (χ0v) is 11.9. The molecule has 5 heteroatoms. The third kappa shape index (κ3) is 3.08. The van der Waals surface area contributed by atoms with E-state index in [4.69, 9.17) is 5.73 Å². The van der Waals surface area contributed by atoms with Crippen LogP contribution in [-0.2, 0) is 0 Å². The molecule has 0 aromatic carbocycles. The van der Waals surface area contributed by atoms with Gasteiger partial charge < -0.3 is 15.6 Å². The Balaban J connectivity index is 1.60. The molecule has 2 fully saturated rings. The molecule has 0 spiro atoms. The first-order valence-corrected chi connectivity index (χ1v) is 8.16. The number of nitrogen functional groups attached to an aromatic ring is 1.